The van der Waals surface area contributed by atoms with Crippen LogP contribution in [0.4, 0.5) is 0 Å². The van der Waals surface area contributed by atoms with Crippen molar-refractivity contribution in [3.8, 4) is 11.8 Å². The van der Waals surface area contributed by atoms with Crippen LogP contribution in [0.1, 0.15) is 0 Å². The summed E-state index contributed by atoms with van der Waals surface area (Å²) in [6, 6.07) is 0. The van der Waals surface area contributed by atoms with Crippen LogP contribution >= 0.6 is 12.2 Å². The largest absolute Gasteiger partial charge is 0.0967 e. The minimum atomic E-state index is 1.34. The van der Waals surface area contributed by atoms with Crippen molar-refractivity contribution < 1.29 is 0 Å². The third kappa shape index (κ3) is 3.65. The molecule has 0 aromatic heterocycles. The van der Waals surface area contributed by atoms with E-state index in [1.165, 1.54) is 5.37 Å². The van der Waals surface area contributed by atoms with E-state index in [0.717, 1.165) is 0 Å². The standard InChI is InChI=1S/C4H3S/c1-2-3-4-5/h4H,1H2. The molecule has 0 aromatic rings. The lowest BCUT2D eigenvalue weighted by molar-refractivity contribution is 2.40. The average Bonchev–Trinajstić information content (AvgIpc) is 1.41. The zero-order valence-electron chi connectivity index (χ0n) is 2.69. The van der Waals surface area contributed by atoms with Crippen molar-refractivity contribution in [3.05, 3.63) is 6.92 Å². The first-order valence-electron chi connectivity index (χ1n) is 1.13. The quantitative estimate of drug-likeness (QED) is 0.308. The Morgan fingerprint density at radius 2 is 2.40 bits per heavy atom. The molecular weight excluding hydrogens is 80.1 g/mol. The van der Waals surface area contributed by atoms with Crippen LogP contribution < -0.4 is 0 Å². The summed E-state index contributed by atoms with van der Waals surface area (Å²) >= 11 is 4.31. The van der Waals surface area contributed by atoms with Crippen molar-refractivity contribution in [3.63, 3.8) is 0 Å². The summed E-state index contributed by atoms with van der Waals surface area (Å²) < 4.78 is 0. The normalized spacial score (nSPS) is 4.20. The Bertz CT molecular complexity index is 73.4. The number of rotatable bonds is 0. The fourth-order valence-electron chi connectivity index (χ4n) is 0.0417. The van der Waals surface area contributed by atoms with E-state index in [9.17, 15) is 0 Å². The van der Waals surface area contributed by atoms with Crippen LogP contribution in [0.2, 0.25) is 0 Å². The SMILES string of the molecule is [CH2]C#CC=S. The molecule has 0 spiro atoms. The van der Waals surface area contributed by atoms with Gasteiger partial charge in [-0.25, -0.2) is 0 Å². The molecule has 0 N–H and O–H groups in total. The summed E-state index contributed by atoms with van der Waals surface area (Å²) in [6.07, 6.45) is 0. The van der Waals surface area contributed by atoms with Crippen LogP contribution in [0, 0.1) is 18.8 Å². The second-order valence-electron chi connectivity index (χ2n) is 0.439. The molecule has 1 heteroatoms. The van der Waals surface area contributed by atoms with Gasteiger partial charge < -0.3 is 0 Å². The topological polar surface area (TPSA) is 0 Å². The maximum Gasteiger partial charge on any atom is 0.0514 e. The van der Waals surface area contributed by atoms with Gasteiger partial charge >= 0.3 is 0 Å². The van der Waals surface area contributed by atoms with E-state index < -0.39 is 0 Å². The highest BCUT2D eigenvalue weighted by Crippen LogP contribution is 1.43. The number of thiocarbonyl (C=S) groups is 1. The van der Waals surface area contributed by atoms with Crippen molar-refractivity contribution in [2.24, 2.45) is 0 Å². The molecule has 0 aromatic carbocycles. The Morgan fingerprint density at radius 3 is 2.40 bits per heavy atom. The maximum absolute atomic E-state index is 4.31. The lowest BCUT2D eigenvalue weighted by atomic mass is 10.7. The summed E-state index contributed by atoms with van der Waals surface area (Å²) in [6.45, 7) is 3.22. The molecule has 0 aliphatic rings. The molecule has 0 aliphatic carbocycles. The van der Waals surface area contributed by atoms with Crippen LogP contribution in [0.3, 0.4) is 0 Å². The smallest absolute Gasteiger partial charge is 0.0514 e. The lowest BCUT2D eigenvalue weighted by Gasteiger charge is -1.45. The molecule has 0 nitrogen and oxygen atoms in total. The van der Waals surface area contributed by atoms with E-state index in [4.69, 9.17) is 0 Å². The Morgan fingerprint density at radius 1 is 1.80 bits per heavy atom. The van der Waals surface area contributed by atoms with Gasteiger partial charge in [0.15, 0.2) is 0 Å². The van der Waals surface area contributed by atoms with Crippen molar-refractivity contribution in [1.29, 1.82) is 0 Å². The van der Waals surface area contributed by atoms with Crippen LogP contribution in [0.5, 0.6) is 0 Å². The Hall–Kier alpha value is -0.350. The van der Waals surface area contributed by atoms with Gasteiger partial charge in [-0.05, 0) is 0 Å². The van der Waals surface area contributed by atoms with E-state index in [0.29, 0.717) is 0 Å². The van der Waals surface area contributed by atoms with Crippen molar-refractivity contribution in [2.45, 2.75) is 0 Å². The first kappa shape index (κ1) is 4.65. The van der Waals surface area contributed by atoms with Crippen molar-refractivity contribution >= 4 is 17.6 Å². The Balaban J connectivity index is 3.16. The molecule has 0 amide bonds. The van der Waals surface area contributed by atoms with Gasteiger partial charge in [-0.15, -0.1) is 0 Å². The molecule has 0 aliphatic heterocycles. The molecule has 0 atom stereocenters. The van der Waals surface area contributed by atoms with Gasteiger partial charge in [-0.1, -0.05) is 24.1 Å². The third-order valence-corrected chi connectivity index (χ3v) is 0.279. The summed E-state index contributed by atoms with van der Waals surface area (Å²) in [5, 5.41) is 1.34. The predicted molar refractivity (Wildman–Crippen MR) is 26.8 cm³/mol. The van der Waals surface area contributed by atoms with Gasteiger partial charge in [0.05, 0.1) is 5.37 Å². The van der Waals surface area contributed by atoms with E-state index in [2.05, 4.69) is 31.0 Å². The molecule has 0 heterocycles. The van der Waals surface area contributed by atoms with Crippen LogP contribution in [-0.2, 0) is 0 Å². The van der Waals surface area contributed by atoms with Gasteiger partial charge in [0.2, 0.25) is 0 Å². The fourth-order valence-corrected chi connectivity index (χ4v) is 0.125. The summed E-state index contributed by atoms with van der Waals surface area (Å²) in [5.41, 5.74) is 0. The van der Waals surface area contributed by atoms with Crippen LogP contribution in [0.15, 0.2) is 0 Å². The minimum absolute atomic E-state index is 1.34. The minimum Gasteiger partial charge on any atom is -0.0967 e. The van der Waals surface area contributed by atoms with Crippen LogP contribution in [0.25, 0.3) is 0 Å². The molecule has 0 unspecified atom stereocenters. The zero-order chi connectivity index (χ0) is 4.12. The summed E-state index contributed by atoms with van der Waals surface area (Å²) in [4.78, 5) is 0. The number of hydrogen-bond donors (Lipinski definition) is 0. The first-order valence-corrected chi connectivity index (χ1v) is 1.60. The second kappa shape index (κ2) is 3.65. The monoisotopic (exact) mass is 83.0 g/mol. The first-order chi connectivity index (χ1) is 2.41. The zero-order valence-corrected chi connectivity index (χ0v) is 3.51. The van der Waals surface area contributed by atoms with Gasteiger partial charge in [0.1, 0.15) is 0 Å². The van der Waals surface area contributed by atoms with Gasteiger partial charge in [-0.2, -0.15) is 0 Å². The molecule has 0 rings (SSSR count). The van der Waals surface area contributed by atoms with Crippen LogP contribution in [-0.4, -0.2) is 5.37 Å². The molecular formula is C4H3S. The average molecular weight is 83.1 g/mol. The highest BCUT2D eigenvalue weighted by atomic mass is 32.1. The van der Waals surface area contributed by atoms with Crippen molar-refractivity contribution in [2.75, 3.05) is 0 Å². The van der Waals surface area contributed by atoms with Gasteiger partial charge in [0.25, 0.3) is 0 Å². The van der Waals surface area contributed by atoms with E-state index in [1.54, 1.807) is 0 Å². The molecule has 0 saturated carbocycles. The molecule has 25 valence electrons. The molecule has 5 heavy (non-hydrogen) atoms. The van der Waals surface area contributed by atoms with Gasteiger partial charge in [-0.3, -0.25) is 0 Å². The molecule has 0 fully saturated rings. The Kier molecular flexibility index (Phi) is 3.39. The molecule has 0 bridgehead atoms. The lowest BCUT2D eigenvalue weighted by Crippen LogP contribution is -1.46. The highest BCUT2D eigenvalue weighted by Gasteiger charge is 1.39. The number of hydrogen-bond acceptors (Lipinski definition) is 1. The van der Waals surface area contributed by atoms with E-state index in [1.807, 2.05) is 0 Å². The third-order valence-electron chi connectivity index (χ3n) is 0.161. The molecule has 0 saturated heterocycles. The molecule has 1 radical (unpaired) electrons. The predicted octanol–water partition coefficient (Wildman–Crippen LogP) is 0.824. The highest BCUT2D eigenvalue weighted by molar-refractivity contribution is 7.79. The van der Waals surface area contributed by atoms with Crippen molar-refractivity contribution in [1.82, 2.24) is 0 Å². The van der Waals surface area contributed by atoms with E-state index >= 15 is 0 Å². The summed E-state index contributed by atoms with van der Waals surface area (Å²) in [5.74, 6) is 4.80. The van der Waals surface area contributed by atoms with Gasteiger partial charge in [0, 0.05) is 6.92 Å². The summed E-state index contributed by atoms with van der Waals surface area (Å²) in [7, 11) is 0. The maximum atomic E-state index is 4.31. The Labute approximate surface area is 37.2 Å². The second-order valence-corrected chi connectivity index (χ2v) is 0.675. The fraction of sp³-hybridized carbons (Fsp3) is 0. The van der Waals surface area contributed by atoms with E-state index in [-0.39, 0.29) is 0 Å².